The van der Waals surface area contributed by atoms with Crippen LogP contribution in [0.1, 0.15) is 145 Å². The summed E-state index contributed by atoms with van der Waals surface area (Å²) in [5.74, 6) is 0. The smallest absolute Gasteiger partial charge is 0.252 e. The Morgan fingerprint density at radius 2 is 0.970 bits per heavy atom. The molecule has 0 bridgehead atoms. The fraction of sp³-hybridized carbons (Fsp3) is 0.344. The quantitative estimate of drug-likeness (QED) is 0.163. The van der Waals surface area contributed by atoms with Crippen molar-refractivity contribution in [3.8, 4) is 22.3 Å². The van der Waals surface area contributed by atoms with Gasteiger partial charge < -0.3 is 9.80 Å². The monoisotopic (exact) mass is 880 g/mol. The summed E-state index contributed by atoms with van der Waals surface area (Å²) < 4.78 is 27.8. The molecule has 0 saturated heterocycles. The average Bonchev–Trinajstić information content (AvgIpc) is 3.31. The van der Waals surface area contributed by atoms with E-state index in [1.165, 1.54) is 44.3 Å². The van der Waals surface area contributed by atoms with E-state index < -0.39 is 6.85 Å². The van der Waals surface area contributed by atoms with Crippen molar-refractivity contribution in [3.63, 3.8) is 0 Å². The first-order valence-corrected chi connectivity index (χ1v) is 24.9. The van der Waals surface area contributed by atoms with Crippen LogP contribution in [0.25, 0.3) is 22.3 Å². The number of nitrogens with zero attached hydrogens (tertiary/aromatic N) is 2. The molecule has 338 valence electrons. The Bertz CT molecular complexity index is 3260. The predicted molar refractivity (Wildman–Crippen MR) is 290 cm³/mol. The molecule has 3 heteroatoms. The SMILES string of the molecule is [2H]C([2H])([2H])c1cc2c3c(c1)N(c1ccc(C(C)(C)C)cc1-c1ccccc1)c1cc4c(cc1B3c1ccc(-c3ccccc3)cc1N2c1cc2c(cc1C)C(C)(C)CCC2(C)C)C(C)(C)CCC4(C)C. The van der Waals surface area contributed by atoms with Gasteiger partial charge in [0.1, 0.15) is 0 Å². The number of rotatable bonds is 4. The molecule has 4 aliphatic rings. The van der Waals surface area contributed by atoms with Crippen molar-refractivity contribution < 1.29 is 4.11 Å². The minimum atomic E-state index is -2.39. The second-order valence-electron chi connectivity index (χ2n) is 24.2. The third-order valence-electron chi connectivity index (χ3n) is 16.7. The molecule has 7 aromatic rings. The third-order valence-corrected chi connectivity index (χ3v) is 16.7. The van der Waals surface area contributed by atoms with E-state index in [0.717, 1.165) is 87.5 Å². The van der Waals surface area contributed by atoms with Crippen molar-refractivity contribution in [2.24, 2.45) is 0 Å². The highest BCUT2D eigenvalue weighted by molar-refractivity contribution is 7.00. The van der Waals surface area contributed by atoms with Crippen molar-refractivity contribution in [1.29, 1.82) is 0 Å². The van der Waals surface area contributed by atoms with E-state index in [0.29, 0.717) is 5.56 Å². The lowest BCUT2D eigenvalue weighted by atomic mass is 9.33. The van der Waals surface area contributed by atoms with Gasteiger partial charge in [0.2, 0.25) is 0 Å². The van der Waals surface area contributed by atoms with Crippen molar-refractivity contribution in [2.75, 3.05) is 9.80 Å². The molecule has 2 heterocycles. The lowest BCUT2D eigenvalue weighted by Crippen LogP contribution is -2.62. The standard InChI is InChI=1S/C64H69BN2/c1-40-32-57-59-58(33-40)67(54-38-49-47(34-41(54)2)61(6,7)28-30-63(49,10)11)55-35-44(42-20-16-14-17-21-42)24-26-51(55)65(59)52-37-48-50(64(12,13)31-29-62(48,8)9)39-56(52)66(57)53-27-25-45(60(3,4)5)36-46(53)43-22-18-15-19-23-43/h14-27,32-39H,28-31H2,1-13H3/i1D3. The topological polar surface area (TPSA) is 6.48 Å². The number of benzene rings is 7. The second kappa shape index (κ2) is 14.9. The van der Waals surface area contributed by atoms with E-state index in [1.807, 2.05) is 12.1 Å². The summed E-state index contributed by atoms with van der Waals surface area (Å²) in [4.78, 5) is 4.94. The van der Waals surface area contributed by atoms with Crippen LogP contribution < -0.4 is 26.2 Å². The fourth-order valence-electron chi connectivity index (χ4n) is 12.4. The van der Waals surface area contributed by atoms with E-state index in [-0.39, 0.29) is 33.8 Å². The molecular weight excluding hydrogens is 808 g/mol. The first-order valence-electron chi connectivity index (χ1n) is 26.4. The number of anilines is 6. The lowest BCUT2D eigenvalue weighted by Gasteiger charge is -2.48. The van der Waals surface area contributed by atoms with E-state index in [2.05, 4.69) is 214 Å². The molecule has 2 aliphatic heterocycles. The Labute approximate surface area is 406 Å². The first-order chi connectivity index (χ1) is 32.9. The Morgan fingerprint density at radius 1 is 0.463 bits per heavy atom. The zero-order valence-electron chi connectivity index (χ0n) is 45.0. The van der Waals surface area contributed by atoms with Crippen LogP contribution in [0.4, 0.5) is 34.1 Å². The van der Waals surface area contributed by atoms with Crippen LogP contribution in [0.15, 0.2) is 133 Å². The van der Waals surface area contributed by atoms with Gasteiger partial charge in [-0.2, -0.15) is 0 Å². The van der Waals surface area contributed by atoms with Gasteiger partial charge >= 0.3 is 0 Å². The van der Waals surface area contributed by atoms with Crippen LogP contribution in [0.5, 0.6) is 0 Å². The molecule has 0 unspecified atom stereocenters. The molecule has 2 aliphatic carbocycles. The zero-order valence-corrected chi connectivity index (χ0v) is 42.0. The number of hydrogen-bond acceptors (Lipinski definition) is 2. The van der Waals surface area contributed by atoms with Crippen LogP contribution in [0.2, 0.25) is 0 Å². The van der Waals surface area contributed by atoms with E-state index >= 15 is 0 Å². The van der Waals surface area contributed by atoms with Crippen LogP contribution in [0, 0.1) is 13.8 Å². The van der Waals surface area contributed by atoms with Crippen molar-refractivity contribution in [2.45, 2.75) is 143 Å². The lowest BCUT2D eigenvalue weighted by molar-refractivity contribution is 0.332. The minimum Gasteiger partial charge on any atom is -0.311 e. The summed E-state index contributed by atoms with van der Waals surface area (Å²) >= 11 is 0. The summed E-state index contributed by atoms with van der Waals surface area (Å²) in [6.07, 6.45) is 4.41. The Hall–Kier alpha value is -5.80. The van der Waals surface area contributed by atoms with E-state index in [9.17, 15) is 4.11 Å². The van der Waals surface area contributed by atoms with E-state index in [4.69, 9.17) is 0 Å². The summed E-state index contributed by atoms with van der Waals surface area (Å²) in [5, 5.41) is 0. The van der Waals surface area contributed by atoms with Crippen LogP contribution in [0.3, 0.4) is 0 Å². The molecule has 0 N–H and O–H groups in total. The van der Waals surface area contributed by atoms with Gasteiger partial charge in [-0.3, -0.25) is 0 Å². The third kappa shape index (κ3) is 6.88. The summed E-state index contributed by atoms with van der Waals surface area (Å²) in [7, 11) is 0. The molecule has 0 fully saturated rings. The maximum absolute atomic E-state index is 9.26. The van der Waals surface area contributed by atoms with Crippen molar-refractivity contribution in [1.82, 2.24) is 0 Å². The van der Waals surface area contributed by atoms with Crippen LogP contribution in [-0.2, 0) is 27.1 Å². The van der Waals surface area contributed by atoms with Gasteiger partial charge in [0.15, 0.2) is 0 Å². The number of hydrogen-bond donors (Lipinski definition) is 0. The van der Waals surface area contributed by atoms with Crippen molar-refractivity contribution >= 4 is 57.2 Å². The Kier molecular flexibility index (Phi) is 8.93. The molecule has 7 aromatic carbocycles. The van der Waals surface area contributed by atoms with Gasteiger partial charge in [0.05, 0.1) is 5.69 Å². The van der Waals surface area contributed by atoms with Gasteiger partial charge in [0, 0.05) is 38.1 Å². The van der Waals surface area contributed by atoms with Gasteiger partial charge in [-0.05, 0) is 181 Å². The minimum absolute atomic E-state index is 0.0323. The molecule has 0 saturated carbocycles. The number of aryl methyl sites for hydroxylation is 2. The summed E-state index contributed by atoms with van der Waals surface area (Å²) in [6.45, 7) is 25.8. The maximum atomic E-state index is 9.26. The fourth-order valence-corrected chi connectivity index (χ4v) is 12.4. The predicted octanol–water partition coefficient (Wildman–Crippen LogP) is 15.7. The van der Waals surface area contributed by atoms with Gasteiger partial charge in [-0.15, -0.1) is 0 Å². The van der Waals surface area contributed by atoms with Gasteiger partial charge in [-0.25, -0.2) is 0 Å². The molecule has 0 atom stereocenters. The molecule has 2 nitrogen and oxygen atoms in total. The molecule has 0 aromatic heterocycles. The molecule has 0 amide bonds. The second-order valence-corrected chi connectivity index (χ2v) is 24.2. The zero-order chi connectivity index (χ0) is 49.7. The molecule has 0 radical (unpaired) electrons. The van der Waals surface area contributed by atoms with Crippen LogP contribution in [-0.4, -0.2) is 6.71 Å². The molecule has 11 rings (SSSR count). The largest absolute Gasteiger partial charge is 0.311 e. The van der Waals surface area contributed by atoms with Gasteiger partial charge in [0.25, 0.3) is 6.71 Å². The van der Waals surface area contributed by atoms with Crippen molar-refractivity contribution in [3.05, 3.63) is 172 Å². The molecular formula is C64H69BN2. The summed E-state index contributed by atoms with van der Waals surface area (Å²) in [6, 6.07) is 49.7. The maximum Gasteiger partial charge on any atom is 0.252 e. The molecule has 67 heavy (non-hydrogen) atoms. The van der Waals surface area contributed by atoms with Gasteiger partial charge in [-0.1, -0.05) is 167 Å². The Morgan fingerprint density at radius 3 is 1.54 bits per heavy atom. The highest BCUT2D eigenvalue weighted by Gasteiger charge is 2.48. The highest BCUT2D eigenvalue weighted by atomic mass is 15.2. The van der Waals surface area contributed by atoms with E-state index in [1.54, 1.807) is 0 Å². The normalized spacial score (nSPS) is 18.9. The first kappa shape index (κ1) is 40.3. The number of fused-ring (bicyclic) bond motifs is 6. The summed E-state index contributed by atoms with van der Waals surface area (Å²) in [5.41, 5.74) is 22.5. The Balaban J connectivity index is 1.31. The molecule has 0 spiro atoms. The van der Waals surface area contributed by atoms with Crippen LogP contribution >= 0.6 is 0 Å². The highest BCUT2D eigenvalue weighted by Crippen LogP contribution is 2.54. The average molecular weight is 880 g/mol.